The average molecular weight is 296 g/mol. The van der Waals surface area contributed by atoms with Crippen LogP contribution in [0, 0.1) is 0 Å². The number of halogens is 1. The highest BCUT2D eigenvalue weighted by atomic mass is 35.5. The number of benzene rings is 1. The molecule has 1 aromatic carbocycles. The third-order valence-electron chi connectivity index (χ3n) is 3.75. The van der Waals surface area contributed by atoms with Crippen LogP contribution in [-0.4, -0.2) is 36.0 Å². The maximum absolute atomic E-state index is 12.1. The van der Waals surface area contributed by atoms with Gasteiger partial charge in [0.15, 0.2) is 0 Å². The van der Waals surface area contributed by atoms with Crippen LogP contribution in [0.5, 0.6) is 0 Å². The van der Waals surface area contributed by atoms with Crippen LogP contribution in [0.3, 0.4) is 0 Å². The minimum absolute atomic E-state index is 0.000118. The summed E-state index contributed by atoms with van der Waals surface area (Å²) in [5.41, 5.74) is 6.79. The zero-order valence-corrected chi connectivity index (χ0v) is 12.6. The molecule has 2 rings (SSSR count). The monoisotopic (exact) mass is 295 g/mol. The van der Waals surface area contributed by atoms with Gasteiger partial charge in [0.1, 0.15) is 0 Å². The molecule has 3 N–H and O–H groups in total. The number of nitrogens with one attached hydrogen (secondary N) is 1. The Labute approximate surface area is 125 Å². The molecule has 0 spiro atoms. The topological polar surface area (TPSA) is 58.4 Å². The molecule has 0 aliphatic carbocycles. The fourth-order valence-corrected chi connectivity index (χ4v) is 2.85. The van der Waals surface area contributed by atoms with Gasteiger partial charge in [-0.15, -0.1) is 0 Å². The third-order valence-corrected chi connectivity index (χ3v) is 4.00. The molecule has 1 aromatic rings. The highest BCUT2D eigenvalue weighted by Crippen LogP contribution is 2.19. The maximum Gasteiger partial charge on any atom is 0.238 e. The molecule has 4 nitrogen and oxygen atoms in total. The number of amides is 1. The predicted molar refractivity (Wildman–Crippen MR) is 82.9 cm³/mol. The van der Waals surface area contributed by atoms with Crippen molar-refractivity contribution < 1.29 is 4.79 Å². The summed E-state index contributed by atoms with van der Waals surface area (Å²) in [7, 11) is 0. The Hall–Kier alpha value is -1.10. The molecule has 0 saturated carbocycles. The second-order valence-electron chi connectivity index (χ2n) is 5.45. The van der Waals surface area contributed by atoms with Gasteiger partial charge in [-0.2, -0.15) is 0 Å². The van der Waals surface area contributed by atoms with Crippen molar-refractivity contribution in [2.75, 3.05) is 18.4 Å². The van der Waals surface area contributed by atoms with Gasteiger partial charge in [-0.1, -0.05) is 18.0 Å². The van der Waals surface area contributed by atoms with Crippen molar-refractivity contribution in [3.8, 4) is 0 Å². The number of hydrogen-bond acceptors (Lipinski definition) is 3. The van der Waals surface area contributed by atoms with Crippen LogP contribution in [0.1, 0.15) is 26.2 Å². The summed E-state index contributed by atoms with van der Waals surface area (Å²) in [6.07, 6.45) is 3.41. The SMILES string of the molecule is CC(N)C1CCCCN1CC(=O)Nc1ccc(Cl)cc1. The molecule has 110 valence electrons. The number of anilines is 1. The van der Waals surface area contributed by atoms with Crippen LogP contribution in [0.2, 0.25) is 5.02 Å². The molecule has 1 aliphatic heterocycles. The number of carbonyl (C=O) groups is 1. The van der Waals surface area contributed by atoms with Crippen molar-refractivity contribution in [2.24, 2.45) is 5.73 Å². The van der Waals surface area contributed by atoms with E-state index >= 15 is 0 Å². The largest absolute Gasteiger partial charge is 0.327 e. The number of rotatable bonds is 4. The Kier molecular flexibility index (Phi) is 5.40. The summed E-state index contributed by atoms with van der Waals surface area (Å²) in [6.45, 7) is 3.36. The molecule has 0 radical (unpaired) electrons. The van der Waals surface area contributed by atoms with E-state index in [0.29, 0.717) is 17.6 Å². The summed E-state index contributed by atoms with van der Waals surface area (Å²) in [5, 5.41) is 3.56. The average Bonchev–Trinajstić information content (AvgIpc) is 2.41. The number of likely N-dealkylation sites (tertiary alicyclic amines) is 1. The van der Waals surface area contributed by atoms with Gasteiger partial charge in [0.05, 0.1) is 6.54 Å². The van der Waals surface area contributed by atoms with E-state index in [9.17, 15) is 4.79 Å². The molecule has 1 heterocycles. The van der Waals surface area contributed by atoms with Gasteiger partial charge in [0, 0.05) is 22.8 Å². The van der Waals surface area contributed by atoms with E-state index in [0.717, 1.165) is 25.1 Å². The first-order valence-corrected chi connectivity index (χ1v) is 7.49. The van der Waals surface area contributed by atoms with E-state index in [1.807, 2.05) is 6.92 Å². The summed E-state index contributed by atoms with van der Waals surface area (Å²) in [6, 6.07) is 7.54. The zero-order chi connectivity index (χ0) is 14.5. The maximum atomic E-state index is 12.1. The minimum Gasteiger partial charge on any atom is -0.327 e. The van der Waals surface area contributed by atoms with Crippen LogP contribution in [0.25, 0.3) is 0 Å². The standard InChI is InChI=1S/C15H22ClN3O/c1-11(17)14-4-2-3-9-19(14)10-15(20)18-13-7-5-12(16)6-8-13/h5-8,11,14H,2-4,9-10,17H2,1H3,(H,18,20). The molecule has 5 heteroatoms. The lowest BCUT2D eigenvalue weighted by atomic mass is 9.97. The molecule has 0 bridgehead atoms. The molecule has 2 unspecified atom stereocenters. The van der Waals surface area contributed by atoms with E-state index in [2.05, 4.69) is 10.2 Å². The molecule has 1 amide bonds. The zero-order valence-electron chi connectivity index (χ0n) is 11.8. The van der Waals surface area contributed by atoms with Crippen LogP contribution in [0.4, 0.5) is 5.69 Å². The van der Waals surface area contributed by atoms with Crippen molar-refractivity contribution >= 4 is 23.2 Å². The van der Waals surface area contributed by atoms with Crippen LogP contribution >= 0.6 is 11.6 Å². The lowest BCUT2D eigenvalue weighted by molar-refractivity contribution is -0.118. The number of piperidine rings is 1. The second kappa shape index (κ2) is 7.07. The molecule has 20 heavy (non-hydrogen) atoms. The van der Waals surface area contributed by atoms with E-state index in [1.165, 1.54) is 6.42 Å². The van der Waals surface area contributed by atoms with Gasteiger partial charge < -0.3 is 11.1 Å². The van der Waals surface area contributed by atoms with E-state index < -0.39 is 0 Å². The smallest absolute Gasteiger partial charge is 0.238 e. The first-order chi connectivity index (χ1) is 9.56. The van der Waals surface area contributed by atoms with Gasteiger partial charge in [0.2, 0.25) is 5.91 Å². The Morgan fingerprint density at radius 2 is 2.15 bits per heavy atom. The Balaban J connectivity index is 1.91. The summed E-state index contributed by atoms with van der Waals surface area (Å²) in [4.78, 5) is 14.3. The fourth-order valence-electron chi connectivity index (χ4n) is 2.73. The van der Waals surface area contributed by atoms with Gasteiger partial charge >= 0.3 is 0 Å². The van der Waals surface area contributed by atoms with Gasteiger partial charge in [-0.3, -0.25) is 9.69 Å². The lowest BCUT2D eigenvalue weighted by Gasteiger charge is -2.37. The van der Waals surface area contributed by atoms with Crippen molar-refractivity contribution in [2.45, 2.75) is 38.3 Å². The first kappa shape index (κ1) is 15.3. The number of hydrogen-bond donors (Lipinski definition) is 2. The summed E-state index contributed by atoms with van der Waals surface area (Å²) >= 11 is 5.82. The Bertz CT molecular complexity index is 447. The minimum atomic E-state index is -0.000118. The molecular weight excluding hydrogens is 274 g/mol. The Morgan fingerprint density at radius 3 is 2.80 bits per heavy atom. The van der Waals surface area contributed by atoms with Crippen molar-refractivity contribution in [1.82, 2.24) is 4.90 Å². The third kappa shape index (κ3) is 4.20. The fraction of sp³-hybridized carbons (Fsp3) is 0.533. The number of nitrogens with two attached hydrogens (primary N) is 1. The molecule has 1 saturated heterocycles. The van der Waals surface area contributed by atoms with E-state index in [1.54, 1.807) is 24.3 Å². The van der Waals surface area contributed by atoms with Crippen LogP contribution < -0.4 is 11.1 Å². The number of nitrogens with zero attached hydrogens (tertiary/aromatic N) is 1. The van der Waals surface area contributed by atoms with Gasteiger partial charge in [-0.05, 0) is 50.6 Å². The molecule has 2 atom stereocenters. The second-order valence-corrected chi connectivity index (χ2v) is 5.88. The van der Waals surface area contributed by atoms with Gasteiger partial charge in [-0.25, -0.2) is 0 Å². The normalized spacial score (nSPS) is 21.4. The molecule has 0 aromatic heterocycles. The number of carbonyl (C=O) groups excluding carboxylic acids is 1. The van der Waals surface area contributed by atoms with Gasteiger partial charge in [0.25, 0.3) is 0 Å². The van der Waals surface area contributed by atoms with Crippen molar-refractivity contribution in [3.63, 3.8) is 0 Å². The predicted octanol–water partition coefficient (Wildman–Crippen LogP) is 2.48. The highest BCUT2D eigenvalue weighted by molar-refractivity contribution is 6.30. The van der Waals surface area contributed by atoms with E-state index in [-0.39, 0.29) is 11.9 Å². The first-order valence-electron chi connectivity index (χ1n) is 7.11. The highest BCUT2D eigenvalue weighted by Gasteiger charge is 2.26. The summed E-state index contributed by atoms with van der Waals surface area (Å²) in [5.74, 6) is -0.000118. The lowest BCUT2D eigenvalue weighted by Crippen LogP contribution is -2.51. The van der Waals surface area contributed by atoms with Crippen molar-refractivity contribution in [3.05, 3.63) is 29.3 Å². The van der Waals surface area contributed by atoms with Crippen molar-refractivity contribution in [1.29, 1.82) is 0 Å². The quantitative estimate of drug-likeness (QED) is 0.897. The summed E-state index contributed by atoms with van der Waals surface area (Å²) < 4.78 is 0. The molecule has 1 fully saturated rings. The molecule has 1 aliphatic rings. The van der Waals surface area contributed by atoms with Crippen LogP contribution in [-0.2, 0) is 4.79 Å². The van der Waals surface area contributed by atoms with Crippen LogP contribution in [0.15, 0.2) is 24.3 Å². The Morgan fingerprint density at radius 1 is 1.45 bits per heavy atom. The molecular formula is C15H22ClN3O. The van der Waals surface area contributed by atoms with E-state index in [4.69, 9.17) is 17.3 Å².